The maximum atomic E-state index is 11.6. The van der Waals surface area contributed by atoms with Gasteiger partial charge in [-0.25, -0.2) is 4.79 Å². The Labute approximate surface area is 119 Å². The zero-order valence-corrected chi connectivity index (χ0v) is 12.8. The standard InChI is InChI=1S/C16H24N2O2/c1-5-7-11(3)15(17-6-2)12-8-9-13-14(10-12)20-16(19)18(13)4/h8-11,15,17H,5-7H2,1-4H3. The highest BCUT2D eigenvalue weighted by molar-refractivity contribution is 5.73. The lowest BCUT2D eigenvalue weighted by Gasteiger charge is -2.25. The first-order valence-corrected chi connectivity index (χ1v) is 7.41. The van der Waals surface area contributed by atoms with Gasteiger partial charge in [0.2, 0.25) is 0 Å². The van der Waals surface area contributed by atoms with Crippen molar-refractivity contribution in [2.45, 2.75) is 39.7 Å². The Morgan fingerprint density at radius 3 is 2.75 bits per heavy atom. The molecule has 0 aliphatic rings. The fraction of sp³-hybridized carbons (Fsp3) is 0.562. The Morgan fingerprint density at radius 1 is 1.35 bits per heavy atom. The maximum absolute atomic E-state index is 11.6. The van der Waals surface area contributed by atoms with Crippen LogP contribution in [0.3, 0.4) is 0 Å². The molecule has 4 nitrogen and oxygen atoms in total. The third kappa shape index (κ3) is 2.80. The Balaban J connectivity index is 2.40. The van der Waals surface area contributed by atoms with Crippen LogP contribution in [0, 0.1) is 5.92 Å². The SMILES string of the molecule is CCCC(C)C(NCC)c1ccc2c(c1)oc(=O)n2C. The molecule has 0 amide bonds. The Kier molecular flexibility index (Phi) is 4.65. The van der Waals surface area contributed by atoms with Crippen molar-refractivity contribution in [3.8, 4) is 0 Å². The molecule has 20 heavy (non-hydrogen) atoms. The monoisotopic (exact) mass is 276 g/mol. The number of aryl methyl sites for hydroxylation is 1. The topological polar surface area (TPSA) is 47.2 Å². The van der Waals surface area contributed by atoms with Gasteiger partial charge in [-0.3, -0.25) is 4.57 Å². The zero-order valence-electron chi connectivity index (χ0n) is 12.8. The normalized spacial score (nSPS) is 14.6. The predicted octanol–water partition coefficient (Wildman–Crippen LogP) is 3.22. The number of hydrogen-bond donors (Lipinski definition) is 1. The zero-order chi connectivity index (χ0) is 14.7. The minimum atomic E-state index is -0.307. The van der Waals surface area contributed by atoms with E-state index in [0.717, 1.165) is 12.1 Å². The highest BCUT2D eigenvalue weighted by Gasteiger charge is 2.19. The fourth-order valence-electron chi connectivity index (χ4n) is 2.83. The minimum Gasteiger partial charge on any atom is -0.408 e. The molecule has 0 bridgehead atoms. The molecule has 0 saturated carbocycles. The van der Waals surface area contributed by atoms with Gasteiger partial charge in [0.25, 0.3) is 0 Å². The molecule has 0 spiro atoms. The van der Waals surface area contributed by atoms with Gasteiger partial charge in [0, 0.05) is 13.1 Å². The highest BCUT2D eigenvalue weighted by atomic mass is 16.4. The molecule has 2 rings (SSSR count). The summed E-state index contributed by atoms with van der Waals surface area (Å²) in [5.74, 6) is 0.242. The number of nitrogens with zero attached hydrogens (tertiary/aromatic N) is 1. The van der Waals surface area contributed by atoms with Gasteiger partial charge in [-0.15, -0.1) is 0 Å². The molecule has 2 aromatic rings. The molecule has 2 atom stereocenters. The van der Waals surface area contributed by atoms with Crippen LogP contribution in [0.5, 0.6) is 0 Å². The van der Waals surface area contributed by atoms with E-state index in [1.54, 1.807) is 7.05 Å². The van der Waals surface area contributed by atoms with Crippen LogP contribution in [0.2, 0.25) is 0 Å². The van der Waals surface area contributed by atoms with E-state index in [1.165, 1.54) is 23.0 Å². The molecule has 0 aliphatic heterocycles. The molecule has 2 unspecified atom stereocenters. The molecule has 1 aromatic heterocycles. The summed E-state index contributed by atoms with van der Waals surface area (Å²) in [5, 5.41) is 3.54. The maximum Gasteiger partial charge on any atom is 0.419 e. The summed E-state index contributed by atoms with van der Waals surface area (Å²) in [4.78, 5) is 11.6. The van der Waals surface area contributed by atoms with Crippen LogP contribution in [0.15, 0.2) is 27.4 Å². The molecule has 1 aromatic carbocycles. The number of benzene rings is 1. The number of nitrogens with one attached hydrogen (secondary N) is 1. The van der Waals surface area contributed by atoms with Gasteiger partial charge in [0.1, 0.15) is 0 Å². The second kappa shape index (κ2) is 6.27. The van der Waals surface area contributed by atoms with Gasteiger partial charge in [-0.05, 0) is 36.6 Å². The van der Waals surface area contributed by atoms with Crippen LogP contribution in [-0.2, 0) is 7.05 Å². The molecule has 110 valence electrons. The van der Waals surface area contributed by atoms with E-state index in [1.807, 2.05) is 12.1 Å². The van der Waals surface area contributed by atoms with Crippen molar-refractivity contribution in [1.29, 1.82) is 0 Å². The average molecular weight is 276 g/mol. The summed E-state index contributed by atoms with van der Waals surface area (Å²) in [5.41, 5.74) is 2.70. The van der Waals surface area contributed by atoms with Crippen molar-refractivity contribution in [3.63, 3.8) is 0 Å². The second-order valence-corrected chi connectivity index (χ2v) is 5.46. The highest BCUT2D eigenvalue weighted by Crippen LogP contribution is 2.27. The van der Waals surface area contributed by atoms with Gasteiger partial charge in [-0.1, -0.05) is 33.3 Å². The van der Waals surface area contributed by atoms with Crippen molar-refractivity contribution >= 4 is 11.1 Å². The lowest BCUT2D eigenvalue weighted by molar-refractivity contribution is 0.369. The minimum absolute atomic E-state index is 0.301. The lowest BCUT2D eigenvalue weighted by atomic mass is 9.91. The van der Waals surface area contributed by atoms with Crippen LogP contribution in [-0.4, -0.2) is 11.1 Å². The molecular formula is C16H24N2O2. The predicted molar refractivity (Wildman–Crippen MR) is 81.9 cm³/mol. The molecule has 1 heterocycles. The van der Waals surface area contributed by atoms with Crippen molar-refractivity contribution in [2.24, 2.45) is 13.0 Å². The van der Waals surface area contributed by atoms with Crippen molar-refractivity contribution in [2.75, 3.05) is 6.54 Å². The Bertz CT molecular complexity index is 627. The largest absolute Gasteiger partial charge is 0.419 e. The van der Waals surface area contributed by atoms with Crippen LogP contribution < -0.4 is 11.1 Å². The molecule has 1 N–H and O–H groups in total. The summed E-state index contributed by atoms with van der Waals surface area (Å²) in [6.45, 7) is 7.52. The van der Waals surface area contributed by atoms with E-state index in [4.69, 9.17) is 4.42 Å². The summed E-state index contributed by atoms with van der Waals surface area (Å²) < 4.78 is 6.83. The Morgan fingerprint density at radius 2 is 2.10 bits per heavy atom. The van der Waals surface area contributed by atoms with E-state index < -0.39 is 0 Å². The van der Waals surface area contributed by atoms with E-state index >= 15 is 0 Å². The molecule has 0 aliphatic carbocycles. The number of hydrogen-bond acceptors (Lipinski definition) is 3. The van der Waals surface area contributed by atoms with Crippen LogP contribution in [0.25, 0.3) is 11.1 Å². The first-order valence-electron chi connectivity index (χ1n) is 7.41. The molecule has 0 fully saturated rings. The first kappa shape index (κ1) is 14.9. The molecular weight excluding hydrogens is 252 g/mol. The van der Waals surface area contributed by atoms with Gasteiger partial charge in [0.15, 0.2) is 5.58 Å². The van der Waals surface area contributed by atoms with Crippen molar-refractivity contribution in [3.05, 3.63) is 34.3 Å². The van der Waals surface area contributed by atoms with Crippen molar-refractivity contribution < 1.29 is 4.42 Å². The third-order valence-corrected chi connectivity index (χ3v) is 3.91. The fourth-order valence-corrected chi connectivity index (χ4v) is 2.83. The summed E-state index contributed by atoms with van der Waals surface area (Å²) in [6, 6.07) is 6.36. The average Bonchev–Trinajstić information content (AvgIpc) is 2.71. The quantitative estimate of drug-likeness (QED) is 0.881. The molecule has 0 radical (unpaired) electrons. The van der Waals surface area contributed by atoms with Crippen LogP contribution in [0.1, 0.15) is 45.2 Å². The summed E-state index contributed by atoms with van der Waals surface area (Å²) in [7, 11) is 1.73. The Hall–Kier alpha value is -1.55. The molecule has 4 heteroatoms. The van der Waals surface area contributed by atoms with Gasteiger partial charge < -0.3 is 9.73 Å². The van der Waals surface area contributed by atoms with Gasteiger partial charge in [-0.2, -0.15) is 0 Å². The number of aromatic nitrogens is 1. The van der Waals surface area contributed by atoms with Crippen LogP contribution in [0.4, 0.5) is 0 Å². The van der Waals surface area contributed by atoms with E-state index in [9.17, 15) is 4.79 Å². The summed E-state index contributed by atoms with van der Waals surface area (Å²) >= 11 is 0. The van der Waals surface area contributed by atoms with E-state index in [0.29, 0.717) is 17.5 Å². The smallest absolute Gasteiger partial charge is 0.408 e. The van der Waals surface area contributed by atoms with E-state index in [2.05, 4.69) is 32.2 Å². The second-order valence-electron chi connectivity index (χ2n) is 5.46. The van der Waals surface area contributed by atoms with E-state index in [-0.39, 0.29) is 5.76 Å². The summed E-state index contributed by atoms with van der Waals surface area (Å²) in [6.07, 6.45) is 2.35. The van der Waals surface area contributed by atoms with Gasteiger partial charge >= 0.3 is 5.76 Å². The molecule has 0 saturated heterocycles. The number of oxazole rings is 1. The number of fused-ring (bicyclic) bond motifs is 1. The van der Waals surface area contributed by atoms with Gasteiger partial charge in [0.05, 0.1) is 5.52 Å². The third-order valence-electron chi connectivity index (χ3n) is 3.91. The van der Waals surface area contributed by atoms with Crippen molar-refractivity contribution in [1.82, 2.24) is 9.88 Å². The first-order chi connectivity index (χ1) is 9.58. The lowest BCUT2D eigenvalue weighted by Crippen LogP contribution is -2.26. The number of rotatable bonds is 6. The van der Waals surface area contributed by atoms with Crippen LogP contribution >= 0.6 is 0 Å².